The number of aliphatic hydroxyl groups is 1. The molecule has 1 N–H and O–H groups in total. The van der Waals surface area contributed by atoms with E-state index < -0.39 is 41.1 Å². The summed E-state index contributed by atoms with van der Waals surface area (Å²) in [6, 6.07) is 7.80. The lowest BCUT2D eigenvalue weighted by molar-refractivity contribution is -0.162. The molecule has 0 saturated carbocycles. The maximum Gasteiger partial charge on any atom is 0.313 e. The fourth-order valence-corrected chi connectivity index (χ4v) is 6.75. The lowest BCUT2D eigenvalue weighted by atomic mass is 9.74. The number of cyclic esters (lactones) is 1. The van der Waals surface area contributed by atoms with E-state index in [4.69, 9.17) is 9.47 Å². The Balaban J connectivity index is 1.65. The molecule has 0 aliphatic carbocycles. The number of likely N-dealkylation sites (tertiary alicyclic amines) is 1. The maximum absolute atomic E-state index is 14.5. The first-order chi connectivity index (χ1) is 18.2. The fourth-order valence-electron chi connectivity index (χ4n) is 6.75. The van der Waals surface area contributed by atoms with Crippen LogP contribution in [-0.2, 0) is 30.3 Å². The predicted octanol–water partition coefficient (Wildman–Crippen LogP) is 2.65. The summed E-state index contributed by atoms with van der Waals surface area (Å²) in [4.78, 5) is 45.6. The number of esters is 1. The molecule has 2 amide bonds. The van der Waals surface area contributed by atoms with E-state index in [1.165, 1.54) is 4.90 Å². The van der Waals surface area contributed by atoms with Gasteiger partial charge in [-0.25, -0.2) is 0 Å². The Morgan fingerprint density at radius 1 is 1.03 bits per heavy atom. The van der Waals surface area contributed by atoms with Crippen LogP contribution in [0, 0.1) is 11.8 Å². The van der Waals surface area contributed by atoms with Gasteiger partial charge in [0.2, 0.25) is 11.8 Å². The highest BCUT2D eigenvalue weighted by atomic mass is 16.6. The number of allylic oxidation sites excluding steroid dienone is 1. The van der Waals surface area contributed by atoms with Crippen molar-refractivity contribution >= 4 is 17.8 Å². The molecule has 4 aliphatic heterocycles. The molecule has 204 valence electrons. The van der Waals surface area contributed by atoms with Crippen molar-refractivity contribution in [2.24, 2.45) is 11.8 Å². The third-order valence-corrected chi connectivity index (χ3v) is 8.51. The Kier molecular flexibility index (Phi) is 7.22. The van der Waals surface area contributed by atoms with Crippen LogP contribution >= 0.6 is 0 Å². The van der Waals surface area contributed by atoms with Gasteiger partial charge < -0.3 is 24.4 Å². The molecule has 6 atom stereocenters. The molecule has 38 heavy (non-hydrogen) atoms. The lowest BCUT2D eigenvalue weighted by Crippen LogP contribution is -2.59. The Bertz CT molecular complexity index is 1130. The van der Waals surface area contributed by atoms with Crippen molar-refractivity contribution in [1.29, 1.82) is 0 Å². The van der Waals surface area contributed by atoms with Crippen molar-refractivity contribution < 1.29 is 29.0 Å². The van der Waals surface area contributed by atoms with Gasteiger partial charge in [-0.1, -0.05) is 54.6 Å². The van der Waals surface area contributed by atoms with Gasteiger partial charge in [0, 0.05) is 12.6 Å². The summed E-state index contributed by atoms with van der Waals surface area (Å²) in [5, 5.41) is 10.6. The van der Waals surface area contributed by atoms with E-state index in [0.717, 1.165) is 24.8 Å². The third-order valence-electron chi connectivity index (χ3n) is 8.51. The second-order valence-corrected chi connectivity index (χ2v) is 11.3. The van der Waals surface area contributed by atoms with Gasteiger partial charge in [0.25, 0.3) is 0 Å². The van der Waals surface area contributed by atoms with Crippen molar-refractivity contribution in [2.75, 3.05) is 19.8 Å². The molecule has 1 unspecified atom stereocenters. The number of amides is 2. The van der Waals surface area contributed by atoms with E-state index >= 15 is 0 Å². The zero-order valence-electron chi connectivity index (χ0n) is 22.4. The van der Waals surface area contributed by atoms with Gasteiger partial charge in [-0.15, -0.1) is 0 Å². The van der Waals surface area contributed by atoms with Gasteiger partial charge in [0.15, 0.2) is 0 Å². The molecule has 0 bridgehead atoms. The van der Waals surface area contributed by atoms with Crippen LogP contribution in [0.25, 0.3) is 0 Å². The van der Waals surface area contributed by atoms with Crippen LogP contribution in [0.3, 0.4) is 0 Å². The summed E-state index contributed by atoms with van der Waals surface area (Å²) in [5.41, 5.74) is -1.54. The first-order valence-electron chi connectivity index (χ1n) is 13.7. The summed E-state index contributed by atoms with van der Waals surface area (Å²) >= 11 is 0. The number of hydrogen-bond acceptors (Lipinski definition) is 6. The predicted molar refractivity (Wildman–Crippen MR) is 141 cm³/mol. The lowest BCUT2D eigenvalue weighted by Gasteiger charge is -2.41. The van der Waals surface area contributed by atoms with Crippen LogP contribution in [0.5, 0.6) is 0 Å². The largest absolute Gasteiger partial charge is 0.465 e. The average molecular weight is 523 g/mol. The maximum atomic E-state index is 14.5. The molecule has 1 aromatic rings. The fraction of sp³-hybridized carbons (Fsp3) is 0.567. The number of carbonyl (C=O) groups excluding carboxylic acids is 3. The minimum absolute atomic E-state index is 0.109. The smallest absolute Gasteiger partial charge is 0.313 e. The second-order valence-electron chi connectivity index (χ2n) is 11.3. The Morgan fingerprint density at radius 3 is 2.50 bits per heavy atom. The van der Waals surface area contributed by atoms with E-state index in [0.29, 0.717) is 13.0 Å². The molecule has 2 fully saturated rings. The number of aliphatic hydroxyl groups excluding tert-OH is 1. The third kappa shape index (κ3) is 4.28. The van der Waals surface area contributed by atoms with Crippen LogP contribution < -0.4 is 0 Å². The molecule has 2 saturated heterocycles. The van der Waals surface area contributed by atoms with Gasteiger partial charge in [-0.2, -0.15) is 0 Å². The molecule has 4 aliphatic rings. The van der Waals surface area contributed by atoms with Crippen molar-refractivity contribution in [3.8, 4) is 0 Å². The summed E-state index contributed by atoms with van der Waals surface area (Å²) in [5.74, 6) is -2.95. The molecule has 0 radical (unpaired) electrons. The molecular formula is C30H38N2O6. The van der Waals surface area contributed by atoms with E-state index in [1.54, 1.807) is 4.90 Å². The molecule has 4 heterocycles. The van der Waals surface area contributed by atoms with Crippen molar-refractivity contribution in [3.63, 3.8) is 0 Å². The molecule has 1 spiro atoms. The molecule has 8 heteroatoms. The number of rotatable bonds is 5. The Morgan fingerprint density at radius 2 is 1.79 bits per heavy atom. The zero-order valence-corrected chi connectivity index (χ0v) is 22.4. The Labute approximate surface area is 224 Å². The molecule has 8 nitrogen and oxygen atoms in total. The zero-order chi connectivity index (χ0) is 27.1. The highest BCUT2D eigenvalue weighted by molar-refractivity contribution is 5.99. The van der Waals surface area contributed by atoms with Crippen LogP contribution in [0.2, 0.25) is 0 Å². The van der Waals surface area contributed by atoms with E-state index in [1.807, 2.05) is 75.4 Å². The number of hydrogen-bond donors (Lipinski definition) is 1. The van der Waals surface area contributed by atoms with Gasteiger partial charge in [0.05, 0.1) is 30.8 Å². The number of ether oxygens (including phenoxy) is 2. The summed E-state index contributed by atoms with van der Waals surface area (Å²) < 4.78 is 12.5. The van der Waals surface area contributed by atoms with Crippen LogP contribution in [0.15, 0.2) is 54.6 Å². The number of fused-ring (bicyclic) bond motifs is 2. The first kappa shape index (κ1) is 26.6. The van der Waals surface area contributed by atoms with Crippen molar-refractivity contribution in [3.05, 3.63) is 60.2 Å². The first-order valence-corrected chi connectivity index (χ1v) is 13.7. The minimum atomic E-state index is -1.36. The number of benzene rings is 1. The molecule has 0 aromatic heterocycles. The van der Waals surface area contributed by atoms with E-state index in [-0.39, 0.29) is 31.1 Å². The Hall–Kier alpha value is -2.97. The topological polar surface area (TPSA) is 96.4 Å². The normalized spacial score (nSPS) is 34.9. The van der Waals surface area contributed by atoms with Crippen LogP contribution in [0.1, 0.15) is 45.6 Å². The van der Waals surface area contributed by atoms with Crippen molar-refractivity contribution in [1.82, 2.24) is 9.80 Å². The number of nitrogens with zero attached hydrogens (tertiary/aromatic N) is 2. The highest BCUT2D eigenvalue weighted by Crippen LogP contribution is 2.57. The van der Waals surface area contributed by atoms with Crippen LogP contribution in [-0.4, -0.2) is 81.8 Å². The van der Waals surface area contributed by atoms with Gasteiger partial charge >= 0.3 is 5.97 Å². The minimum Gasteiger partial charge on any atom is -0.465 e. The summed E-state index contributed by atoms with van der Waals surface area (Å²) in [6.45, 7) is 6.02. The van der Waals surface area contributed by atoms with E-state index in [9.17, 15) is 19.5 Å². The summed E-state index contributed by atoms with van der Waals surface area (Å²) in [6.07, 6.45) is 10.4. The second kappa shape index (κ2) is 10.3. The summed E-state index contributed by atoms with van der Waals surface area (Å²) in [7, 11) is 0. The monoisotopic (exact) mass is 522 g/mol. The molecular weight excluding hydrogens is 484 g/mol. The van der Waals surface area contributed by atoms with Gasteiger partial charge in [-0.3, -0.25) is 14.4 Å². The van der Waals surface area contributed by atoms with Gasteiger partial charge in [-0.05, 0) is 52.0 Å². The number of carbonyl (C=O) groups is 3. The quantitative estimate of drug-likeness (QED) is 0.472. The SMILES string of the molecule is CC(C)N1CC=C[C@]23O[C@@]4(C)/C=C\CCCCOC(=O)[C@H]4[C@H]2C(=O)N([C@@H](CO)Cc2ccccc2)C3C1=O. The highest BCUT2D eigenvalue weighted by Gasteiger charge is 2.75. The van der Waals surface area contributed by atoms with Crippen LogP contribution in [0.4, 0.5) is 0 Å². The van der Waals surface area contributed by atoms with Gasteiger partial charge in [0.1, 0.15) is 17.6 Å². The molecule has 5 rings (SSSR count). The van der Waals surface area contributed by atoms with E-state index in [2.05, 4.69) is 0 Å². The molecule has 1 aromatic carbocycles. The average Bonchev–Trinajstić information content (AvgIpc) is 3.22. The van der Waals surface area contributed by atoms with Crippen molar-refractivity contribution in [2.45, 2.75) is 75.8 Å². The standard InChI is InChI=1S/C30H38N2O6/c1-20(2)31-16-11-15-30-23(24-28(36)37-17-10-5-4-9-14-29(24,3)38-30)26(34)32(25(30)27(31)35)22(19-33)18-21-12-7-6-8-13-21/h6-9,11-15,20,22-25,33H,4-5,10,16-19H2,1-3H3/b14-9-/t22-,23+,24-,25?,29+,30+/m1/s1.